The van der Waals surface area contributed by atoms with E-state index in [0.717, 1.165) is 37.3 Å². The lowest BCUT2D eigenvalue weighted by molar-refractivity contribution is -0.135. The summed E-state index contributed by atoms with van der Waals surface area (Å²) in [6.07, 6.45) is 1.83. The molecule has 0 aromatic heterocycles. The Morgan fingerprint density at radius 2 is 1.82 bits per heavy atom. The lowest BCUT2D eigenvalue weighted by Gasteiger charge is -2.41. The van der Waals surface area contributed by atoms with Crippen molar-refractivity contribution < 1.29 is 14.3 Å². The molecule has 28 heavy (non-hydrogen) atoms. The number of rotatable bonds is 6. The van der Waals surface area contributed by atoms with Gasteiger partial charge in [0.1, 0.15) is 0 Å². The second kappa shape index (κ2) is 9.05. The quantitative estimate of drug-likeness (QED) is 0.815. The second-order valence-electron chi connectivity index (χ2n) is 8.43. The summed E-state index contributed by atoms with van der Waals surface area (Å²) in [7, 11) is 0. The first-order valence-electron chi connectivity index (χ1n) is 10.4. The summed E-state index contributed by atoms with van der Waals surface area (Å²) in [6, 6.07) is 7.76. The van der Waals surface area contributed by atoms with Gasteiger partial charge in [0, 0.05) is 38.3 Å². The summed E-state index contributed by atoms with van der Waals surface area (Å²) < 4.78 is 5.81. The third kappa shape index (κ3) is 4.92. The molecule has 6 heteroatoms. The fourth-order valence-corrected chi connectivity index (χ4v) is 4.34. The number of carbonyl (C=O) groups is 2. The molecular formula is C22H33N3O3. The average molecular weight is 388 g/mol. The van der Waals surface area contributed by atoms with Crippen molar-refractivity contribution in [3.05, 3.63) is 29.8 Å². The number of benzene rings is 1. The zero-order chi connectivity index (χ0) is 20.3. The fraction of sp³-hybridized carbons (Fsp3) is 0.636. The predicted molar refractivity (Wildman–Crippen MR) is 110 cm³/mol. The van der Waals surface area contributed by atoms with Crippen LogP contribution in [0, 0.1) is 5.92 Å². The molecule has 2 aliphatic rings. The minimum atomic E-state index is -0.157. The molecule has 154 valence electrons. The zero-order valence-electron chi connectivity index (χ0n) is 17.5. The lowest BCUT2D eigenvalue weighted by atomic mass is 9.99. The van der Waals surface area contributed by atoms with Crippen molar-refractivity contribution in [1.29, 1.82) is 0 Å². The minimum Gasteiger partial charge on any atom is -0.373 e. The summed E-state index contributed by atoms with van der Waals surface area (Å²) in [5.74, 6) is 0.478. The fourth-order valence-electron chi connectivity index (χ4n) is 4.34. The van der Waals surface area contributed by atoms with Crippen molar-refractivity contribution >= 4 is 17.5 Å². The van der Waals surface area contributed by atoms with E-state index >= 15 is 0 Å². The Morgan fingerprint density at radius 1 is 1.18 bits per heavy atom. The van der Waals surface area contributed by atoms with E-state index in [1.54, 1.807) is 0 Å². The highest BCUT2D eigenvalue weighted by Crippen LogP contribution is 2.22. The summed E-state index contributed by atoms with van der Waals surface area (Å²) >= 11 is 0. The van der Waals surface area contributed by atoms with Crippen LogP contribution in [0.2, 0.25) is 0 Å². The number of hydrogen-bond acceptors (Lipinski definition) is 4. The van der Waals surface area contributed by atoms with Gasteiger partial charge in [0.15, 0.2) is 0 Å². The van der Waals surface area contributed by atoms with Crippen LogP contribution >= 0.6 is 0 Å². The minimum absolute atomic E-state index is 0.0649. The maximum Gasteiger partial charge on any atom is 0.237 e. The molecule has 2 heterocycles. The molecule has 2 saturated heterocycles. The predicted octanol–water partition coefficient (Wildman–Crippen LogP) is 2.56. The number of nitrogens with one attached hydrogen (secondary N) is 1. The Morgan fingerprint density at radius 3 is 2.36 bits per heavy atom. The van der Waals surface area contributed by atoms with Crippen LogP contribution in [0.15, 0.2) is 24.3 Å². The smallest absolute Gasteiger partial charge is 0.237 e. The molecule has 0 unspecified atom stereocenters. The Hall–Kier alpha value is -1.92. The van der Waals surface area contributed by atoms with E-state index in [-0.39, 0.29) is 36.0 Å². The van der Waals surface area contributed by atoms with Gasteiger partial charge in [-0.2, -0.15) is 0 Å². The molecule has 3 atom stereocenters. The molecule has 0 bridgehead atoms. The first kappa shape index (κ1) is 20.8. The van der Waals surface area contributed by atoms with Crippen LogP contribution in [-0.4, -0.2) is 54.6 Å². The topological polar surface area (TPSA) is 61.9 Å². The Bertz CT molecular complexity index is 679. The maximum atomic E-state index is 12.9. The molecule has 0 spiro atoms. The average Bonchev–Trinajstić information content (AvgIpc) is 3.05. The number of amides is 2. The Balaban J connectivity index is 1.59. The Labute approximate surface area is 168 Å². The second-order valence-corrected chi connectivity index (χ2v) is 8.43. The third-order valence-corrected chi connectivity index (χ3v) is 5.53. The van der Waals surface area contributed by atoms with E-state index in [2.05, 4.69) is 37.9 Å². The number of nitrogens with zero attached hydrogens (tertiary/aromatic N) is 2. The summed E-state index contributed by atoms with van der Waals surface area (Å²) in [4.78, 5) is 28.9. The van der Waals surface area contributed by atoms with Gasteiger partial charge in [0.05, 0.1) is 18.2 Å². The van der Waals surface area contributed by atoms with Crippen molar-refractivity contribution in [2.24, 2.45) is 5.92 Å². The van der Waals surface area contributed by atoms with Crippen LogP contribution in [0.5, 0.6) is 0 Å². The first-order valence-corrected chi connectivity index (χ1v) is 10.4. The van der Waals surface area contributed by atoms with Crippen molar-refractivity contribution in [1.82, 2.24) is 10.2 Å². The first-order chi connectivity index (χ1) is 13.3. The molecule has 1 aromatic carbocycles. The molecule has 0 aliphatic carbocycles. The van der Waals surface area contributed by atoms with Crippen LogP contribution < -0.4 is 10.2 Å². The van der Waals surface area contributed by atoms with Crippen LogP contribution in [0.25, 0.3) is 0 Å². The standard InChI is InChI=1S/C22H33N3O3/c1-15(2)21(24-13-16(3)28-17(4)14-24)22(27)23-12-18-7-9-19(10-8-18)25-11-5-6-20(25)26/h7-10,15-17,21H,5-6,11-14H2,1-4H3,(H,23,27)/t16-,17+,21-/m0/s1. The lowest BCUT2D eigenvalue weighted by Crippen LogP contribution is -2.56. The van der Waals surface area contributed by atoms with Gasteiger partial charge in [-0.3, -0.25) is 14.5 Å². The van der Waals surface area contributed by atoms with Gasteiger partial charge in [0.25, 0.3) is 0 Å². The van der Waals surface area contributed by atoms with E-state index < -0.39 is 0 Å². The third-order valence-electron chi connectivity index (χ3n) is 5.53. The molecule has 2 aliphatic heterocycles. The molecule has 2 amide bonds. The zero-order valence-corrected chi connectivity index (χ0v) is 17.5. The van der Waals surface area contributed by atoms with E-state index in [4.69, 9.17) is 4.74 Å². The van der Waals surface area contributed by atoms with E-state index in [1.165, 1.54) is 0 Å². The van der Waals surface area contributed by atoms with Gasteiger partial charge in [-0.1, -0.05) is 26.0 Å². The van der Waals surface area contributed by atoms with Gasteiger partial charge in [-0.25, -0.2) is 0 Å². The van der Waals surface area contributed by atoms with Gasteiger partial charge in [-0.15, -0.1) is 0 Å². The summed E-state index contributed by atoms with van der Waals surface area (Å²) in [5.41, 5.74) is 1.98. The monoisotopic (exact) mass is 387 g/mol. The molecule has 2 fully saturated rings. The van der Waals surface area contributed by atoms with Gasteiger partial charge in [0.2, 0.25) is 11.8 Å². The van der Waals surface area contributed by atoms with E-state index in [9.17, 15) is 9.59 Å². The van der Waals surface area contributed by atoms with Crippen LogP contribution in [0.3, 0.4) is 0 Å². The van der Waals surface area contributed by atoms with Crippen molar-refractivity contribution in [2.45, 2.75) is 65.3 Å². The number of morpholine rings is 1. The molecule has 0 radical (unpaired) electrons. The largest absolute Gasteiger partial charge is 0.373 e. The number of carbonyl (C=O) groups excluding carboxylic acids is 2. The molecule has 3 rings (SSSR count). The molecule has 6 nitrogen and oxygen atoms in total. The van der Waals surface area contributed by atoms with Crippen LogP contribution in [0.4, 0.5) is 5.69 Å². The van der Waals surface area contributed by atoms with Crippen molar-refractivity contribution in [2.75, 3.05) is 24.5 Å². The molecule has 0 saturated carbocycles. The van der Waals surface area contributed by atoms with Crippen LogP contribution in [-0.2, 0) is 20.9 Å². The number of ether oxygens (including phenoxy) is 1. The SMILES string of the molecule is CC(C)[C@@H](C(=O)NCc1ccc(N2CCCC2=O)cc1)N1C[C@@H](C)O[C@@H](C)C1. The summed E-state index contributed by atoms with van der Waals surface area (Å²) in [6.45, 7) is 11.1. The highest BCUT2D eigenvalue weighted by molar-refractivity contribution is 5.95. The molecule has 1 aromatic rings. The van der Waals surface area contributed by atoms with Crippen molar-refractivity contribution in [3.8, 4) is 0 Å². The highest BCUT2D eigenvalue weighted by atomic mass is 16.5. The van der Waals surface area contributed by atoms with E-state index in [1.807, 2.05) is 29.2 Å². The van der Waals surface area contributed by atoms with Crippen LogP contribution in [0.1, 0.15) is 46.1 Å². The molecule has 1 N–H and O–H groups in total. The highest BCUT2D eigenvalue weighted by Gasteiger charge is 2.34. The Kier molecular flexibility index (Phi) is 6.73. The van der Waals surface area contributed by atoms with Crippen molar-refractivity contribution in [3.63, 3.8) is 0 Å². The molecular weight excluding hydrogens is 354 g/mol. The number of anilines is 1. The summed E-state index contributed by atoms with van der Waals surface area (Å²) in [5, 5.41) is 3.10. The van der Waals surface area contributed by atoms with Gasteiger partial charge < -0.3 is 15.0 Å². The van der Waals surface area contributed by atoms with Gasteiger partial charge in [-0.05, 0) is 43.9 Å². The normalized spacial score (nSPS) is 24.6. The van der Waals surface area contributed by atoms with E-state index in [0.29, 0.717) is 13.0 Å². The number of hydrogen-bond donors (Lipinski definition) is 1. The maximum absolute atomic E-state index is 12.9. The van der Waals surface area contributed by atoms with Gasteiger partial charge >= 0.3 is 0 Å².